The van der Waals surface area contributed by atoms with Crippen molar-refractivity contribution in [3.8, 4) is 5.75 Å². The Kier molecular flexibility index (Phi) is 3.36. The average Bonchev–Trinajstić information content (AvgIpc) is 2.37. The molecule has 2 aliphatic rings. The quantitative estimate of drug-likeness (QED) is 0.775. The van der Waals surface area contributed by atoms with Crippen LogP contribution in [0.1, 0.15) is 44.8 Å². The summed E-state index contributed by atoms with van der Waals surface area (Å²) >= 11 is 0. The first-order chi connectivity index (χ1) is 9.13. The average molecular weight is 258 g/mol. The Morgan fingerprint density at radius 2 is 2.00 bits per heavy atom. The van der Waals surface area contributed by atoms with Crippen LogP contribution in [-0.2, 0) is 0 Å². The molecule has 0 amide bonds. The monoisotopic (exact) mass is 258 g/mol. The number of para-hydroxylation sites is 1. The maximum absolute atomic E-state index is 10.3. The predicted octanol–water partition coefficient (Wildman–Crippen LogP) is 3.86. The van der Waals surface area contributed by atoms with E-state index in [0.29, 0.717) is 11.8 Å². The van der Waals surface area contributed by atoms with Gasteiger partial charge in [0.2, 0.25) is 0 Å². The van der Waals surface area contributed by atoms with Crippen LogP contribution < -0.4 is 4.74 Å². The van der Waals surface area contributed by atoms with E-state index in [0.717, 1.165) is 30.6 Å². The van der Waals surface area contributed by atoms with Gasteiger partial charge < -0.3 is 9.84 Å². The molecule has 0 fully saturated rings. The molecular formula is C17H22O2. The minimum atomic E-state index is -0.378. The zero-order valence-electron chi connectivity index (χ0n) is 11.7. The van der Waals surface area contributed by atoms with Gasteiger partial charge in [0.05, 0.1) is 6.10 Å². The lowest BCUT2D eigenvalue weighted by Crippen LogP contribution is -2.35. The van der Waals surface area contributed by atoms with E-state index >= 15 is 0 Å². The largest absolute Gasteiger partial charge is 0.490 e. The van der Waals surface area contributed by atoms with Crippen molar-refractivity contribution in [1.82, 2.24) is 0 Å². The summed E-state index contributed by atoms with van der Waals surface area (Å²) in [6.45, 7) is 4.47. The maximum atomic E-state index is 10.3. The molecule has 3 rings (SSSR count). The van der Waals surface area contributed by atoms with Crippen molar-refractivity contribution >= 4 is 0 Å². The van der Waals surface area contributed by atoms with Gasteiger partial charge in [-0.2, -0.15) is 0 Å². The van der Waals surface area contributed by atoms with E-state index in [1.54, 1.807) is 0 Å². The summed E-state index contributed by atoms with van der Waals surface area (Å²) in [6.07, 6.45) is 5.12. The molecule has 1 aromatic carbocycles. The van der Waals surface area contributed by atoms with Crippen LogP contribution in [-0.4, -0.2) is 11.2 Å². The summed E-state index contributed by atoms with van der Waals surface area (Å²) in [5, 5.41) is 10.3. The summed E-state index contributed by atoms with van der Waals surface area (Å²) in [7, 11) is 0. The number of hydrogen-bond donors (Lipinski definition) is 1. The van der Waals surface area contributed by atoms with Crippen molar-refractivity contribution in [2.45, 2.75) is 45.3 Å². The molecular weight excluding hydrogens is 236 g/mol. The molecule has 2 nitrogen and oxygen atoms in total. The van der Waals surface area contributed by atoms with Crippen molar-refractivity contribution in [1.29, 1.82) is 0 Å². The number of ether oxygens (including phenoxy) is 1. The third-order valence-corrected chi connectivity index (χ3v) is 4.37. The lowest BCUT2D eigenvalue weighted by atomic mass is 9.78. The van der Waals surface area contributed by atoms with Crippen LogP contribution in [0.3, 0.4) is 0 Å². The molecule has 0 spiro atoms. The predicted molar refractivity (Wildman–Crippen MR) is 76.1 cm³/mol. The van der Waals surface area contributed by atoms with Crippen molar-refractivity contribution in [3.05, 3.63) is 41.5 Å². The topological polar surface area (TPSA) is 29.5 Å². The second-order valence-corrected chi connectivity index (χ2v) is 6.14. The molecule has 0 saturated carbocycles. The molecule has 1 aliphatic carbocycles. The smallest absolute Gasteiger partial charge is 0.125 e. The van der Waals surface area contributed by atoms with Gasteiger partial charge in [0.1, 0.15) is 11.9 Å². The van der Waals surface area contributed by atoms with Gasteiger partial charge in [-0.15, -0.1) is 0 Å². The Balaban J connectivity index is 1.80. The zero-order chi connectivity index (χ0) is 13.4. The Hall–Kier alpha value is -1.28. The van der Waals surface area contributed by atoms with Crippen molar-refractivity contribution in [2.75, 3.05) is 0 Å². The molecule has 3 unspecified atom stereocenters. The van der Waals surface area contributed by atoms with E-state index < -0.39 is 0 Å². The molecule has 4 atom stereocenters. The lowest BCUT2D eigenvalue weighted by molar-refractivity contribution is 0.0273. The van der Waals surface area contributed by atoms with Crippen LogP contribution >= 0.6 is 0 Å². The first kappa shape index (κ1) is 12.7. The first-order valence-electron chi connectivity index (χ1n) is 7.24. The van der Waals surface area contributed by atoms with Crippen molar-refractivity contribution < 1.29 is 9.84 Å². The normalized spacial score (nSPS) is 34.2. The SMILES string of the molecule is CC1=CC(C)CC(C2C[C@@H](O)c3ccccc3O2)C1. The van der Waals surface area contributed by atoms with Crippen LogP contribution in [0.5, 0.6) is 5.75 Å². The number of aliphatic hydroxyl groups excluding tert-OH is 1. The van der Waals surface area contributed by atoms with E-state index in [1.807, 2.05) is 24.3 Å². The number of benzene rings is 1. The molecule has 102 valence electrons. The van der Waals surface area contributed by atoms with Gasteiger partial charge in [0.25, 0.3) is 0 Å². The van der Waals surface area contributed by atoms with E-state index in [-0.39, 0.29) is 12.2 Å². The highest BCUT2D eigenvalue weighted by Gasteiger charge is 2.34. The van der Waals surface area contributed by atoms with Crippen LogP contribution in [0, 0.1) is 11.8 Å². The van der Waals surface area contributed by atoms with Gasteiger partial charge in [-0.1, -0.05) is 36.8 Å². The van der Waals surface area contributed by atoms with Crippen LogP contribution in [0.4, 0.5) is 0 Å². The first-order valence-corrected chi connectivity index (χ1v) is 7.24. The van der Waals surface area contributed by atoms with E-state index in [1.165, 1.54) is 5.57 Å². The molecule has 19 heavy (non-hydrogen) atoms. The molecule has 0 aromatic heterocycles. The summed E-state index contributed by atoms with van der Waals surface area (Å²) < 4.78 is 6.15. The maximum Gasteiger partial charge on any atom is 0.125 e. The van der Waals surface area contributed by atoms with E-state index in [4.69, 9.17) is 4.74 Å². The number of allylic oxidation sites excluding steroid dienone is 2. The van der Waals surface area contributed by atoms with Gasteiger partial charge >= 0.3 is 0 Å². The highest BCUT2D eigenvalue weighted by atomic mass is 16.5. The van der Waals surface area contributed by atoms with Gasteiger partial charge in [-0.3, -0.25) is 0 Å². The van der Waals surface area contributed by atoms with Crippen LogP contribution in [0.25, 0.3) is 0 Å². The number of fused-ring (bicyclic) bond motifs is 1. The fraction of sp³-hybridized carbons (Fsp3) is 0.529. The Labute approximate surface area is 115 Å². The fourth-order valence-corrected chi connectivity index (χ4v) is 3.59. The third kappa shape index (κ3) is 2.55. The molecule has 0 bridgehead atoms. The summed E-state index contributed by atoms with van der Waals surface area (Å²) in [4.78, 5) is 0. The molecule has 1 aliphatic heterocycles. The van der Waals surface area contributed by atoms with Gasteiger partial charge in [-0.25, -0.2) is 0 Å². The van der Waals surface area contributed by atoms with Crippen molar-refractivity contribution in [3.63, 3.8) is 0 Å². The zero-order valence-corrected chi connectivity index (χ0v) is 11.7. The fourth-order valence-electron chi connectivity index (χ4n) is 3.59. The Morgan fingerprint density at radius 1 is 1.21 bits per heavy atom. The van der Waals surface area contributed by atoms with Gasteiger partial charge in [0, 0.05) is 17.9 Å². The highest BCUT2D eigenvalue weighted by molar-refractivity contribution is 5.37. The number of hydrogen-bond acceptors (Lipinski definition) is 2. The van der Waals surface area contributed by atoms with Crippen molar-refractivity contribution in [2.24, 2.45) is 11.8 Å². The highest BCUT2D eigenvalue weighted by Crippen LogP contribution is 2.41. The van der Waals surface area contributed by atoms with E-state index in [2.05, 4.69) is 19.9 Å². The summed E-state index contributed by atoms with van der Waals surface area (Å²) in [6, 6.07) is 7.87. The lowest BCUT2D eigenvalue weighted by Gasteiger charge is -2.37. The summed E-state index contributed by atoms with van der Waals surface area (Å²) in [5.41, 5.74) is 2.40. The van der Waals surface area contributed by atoms with E-state index in [9.17, 15) is 5.11 Å². The number of rotatable bonds is 1. The molecule has 1 N–H and O–H groups in total. The minimum Gasteiger partial charge on any atom is -0.490 e. The Morgan fingerprint density at radius 3 is 2.79 bits per heavy atom. The standard InChI is InChI=1S/C17H22O2/c1-11-7-12(2)9-13(8-11)17-10-15(18)14-5-3-4-6-16(14)19-17/h3-7,11,13,15,17-18H,8-10H2,1-2H3/t11?,13?,15-,17?/m1/s1. The number of aliphatic hydroxyl groups is 1. The second-order valence-electron chi connectivity index (χ2n) is 6.14. The van der Waals surface area contributed by atoms with Gasteiger partial charge in [-0.05, 0) is 31.7 Å². The third-order valence-electron chi connectivity index (χ3n) is 4.37. The molecule has 0 radical (unpaired) electrons. The second kappa shape index (κ2) is 5.01. The molecule has 0 saturated heterocycles. The molecule has 1 aromatic rings. The molecule has 1 heterocycles. The summed E-state index contributed by atoms with van der Waals surface area (Å²) in [5.74, 6) is 2.02. The molecule has 2 heteroatoms. The minimum absolute atomic E-state index is 0.149. The van der Waals surface area contributed by atoms with Crippen LogP contribution in [0.15, 0.2) is 35.9 Å². The Bertz CT molecular complexity index is 492. The van der Waals surface area contributed by atoms with Gasteiger partial charge in [0.15, 0.2) is 0 Å². The van der Waals surface area contributed by atoms with Crippen LogP contribution in [0.2, 0.25) is 0 Å².